The van der Waals surface area contributed by atoms with E-state index in [1.54, 1.807) is 6.07 Å². The van der Waals surface area contributed by atoms with E-state index < -0.39 is 0 Å². The summed E-state index contributed by atoms with van der Waals surface area (Å²) in [7, 11) is 0. The molecule has 0 atom stereocenters. The highest BCUT2D eigenvalue weighted by molar-refractivity contribution is 5.94. The number of rotatable bonds is 6. The Morgan fingerprint density at radius 3 is 2.84 bits per heavy atom. The maximum Gasteiger partial charge on any atom is 0.268 e. The van der Waals surface area contributed by atoms with Crippen molar-refractivity contribution in [2.45, 2.75) is 38.1 Å². The highest BCUT2D eigenvalue weighted by atomic mass is 16.3. The summed E-state index contributed by atoms with van der Waals surface area (Å²) in [5.74, 6) is -0.0483. The largest absolute Gasteiger partial charge is 0.397 e. The monoisotopic (exact) mass is 263 g/mol. The Kier molecular flexibility index (Phi) is 3.01. The molecule has 0 saturated heterocycles. The number of carbonyl (C=O) groups is 1. The van der Waals surface area contributed by atoms with E-state index >= 15 is 0 Å². The van der Waals surface area contributed by atoms with Gasteiger partial charge in [-0.25, -0.2) is 0 Å². The fourth-order valence-corrected chi connectivity index (χ4v) is 2.62. The predicted octanol–water partition coefficient (Wildman–Crippen LogP) is 1.30. The van der Waals surface area contributed by atoms with Crippen LogP contribution in [-0.4, -0.2) is 28.7 Å². The van der Waals surface area contributed by atoms with Crippen LogP contribution in [0.2, 0.25) is 0 Å². The zero-order valence-corrected chi connectivity index (χ0v) is 11.1. The molecule has 0 bridgehead atoms. The van der Waals surface area contributed by atoms with Crippen molar-refractivity contribution in [2.75, 3.05) is 18.9 Å². The molecule has 1 aromatic heterocycles. The molecule has 0 spiro atoms. The van der Waals surface area contributed by atoms with E-state index in [2.05, 4.69) is 5.32 Å². The van der Waals surface area contributed by atoms with Crippen LogP contribution in [0, 0.1) is 5.41 Å². The molecule has 0 aromatic carbocycles. The van der Waals surface area contributed by atoms with Crippen molar-refractivity contribution in [2.24, 2.45) is 5.41 Å². The lowest BCUT2D eigenvalue weighted by Crippen LogP contribution is -2.32. The summed E-state index contributed by atoms with van der Waals surface area (Å²) in [6.07, 6.45) is 7.08. The number of anilines is 1. The Hall–Kier alpha value is -1.49. The van der Waals surface area contributed by atoms with Gasteiger partial charge in [-0.2, -0.15) is 0 Å². The van der Waals surface area contributed by atoms with Gasteiger partial charge in [0.25, 0.3) is 5.91 Å². The van der Waals surface area contributed by atoms with Crippen LogP contribution in [0.15, 0.2) is 12.3 Å². The first kappa shape index (κ1) is 12.5. The Morgan fingerprint density at radius 1 is 1.53 bits per heavy atom. The number of aromatic nitrogens is 1. The zero-order valence-electron chi connectivity index (χ0n) is 11.1. The molecule has 2 saturated carbocycles. The number of carbonyl (C=O) groups excluding carboxylic acids is 1. The second kappa shape index (κ2) is 4.56. The van der Waals surface area contributed by atoms with E-state index in [0.717, 1.165) is 32.1 Å². The van der Waals surface area contributed by atoms with Crippen LogP contribution in [0.25, 0.3) is 0 Å². The molecular weight excluding hydrogens is 242 g/mol. The van der Waals surface area contributed by atoms with Gasteiger partial charge in [-0.3, -0.25) is 4.79 Å². The summed E-state index contributed by atoms with van der Waals surface area (Å²) in [6, 6.07) is 2.20. The molecule has 4 N–H and O–H groups in total. The second-order valence-corrected chi connectivity index (χ2v) is 5.95. The Labute approximate surface area is 112 Å². The van der Waals surface area contributed by atoms with Gasteiger partial charge >= 0.3 is 0 Å². The van der Waals surface area contributed by atoms with Crippen molar-refractivity contribution >= 4 is 11.6 Å². The Morgan fingerprint density at radius 2 is 2.26 bits per heavy atom. The van der Waals surface area contributed by atoms with Crippen molar-refractivity contribution in [3.05, 3.63) is 18.0 Å². The van der Waals surface area contributed by atoms with Crippen molar-refractivity contribution < 1.29 is 9.90 Å². The summed E-state index contributed by atoms with van der Waals surface area (Å²) >= 11 is 0. The van der Waals surface area contributed by atoms with Gasteiger partial charge in [-0.05, 0) is 43.6 Å². The van der Waals surface area contributed by atoms with Gasteiger partial charge in [-0.15, -0.1) is 0 Å². The number of hydrogen-bond acceptors (Lipinski definition) is 3. The molecule has 1 heterocycles. The van der Waals surface area contributed by atoms with Crippen LogP contribution in [0.1, 0.15) is 48.6 Å². The van der Waals surface area contributed by atoms with Gasteiger partial charge in [0.2, 0.25) is 0 Å². The molecule has 1 aromatic rings. The van der Waals surface area contributed by atoms with Gasteiger partial charge in [0, 0.05) is 25.4 Å². The van der Waals surface area contributed by atoms with Crippen LogP contribution in [0.5, 0.6) is 0 Å². The van der Waals surface area contributed by atoms with Crippen LogP contribution >= 0.6 is 0 Å². The molecular formula is C14H21N3O2. The van der Waals surface area contributed by atoms with Crippen LogP contribution in [-0.2, 0) is 0 Å². The molecule has 5 nitrogen and oxygen atoms in total. The molecule has 104 valence electrons. The molecule has 2 fully saturated rings. The highest BCUT2D eigenvalue weighted by Crippen LogP contribution is 2.48. The van der Waals surface area contributed by atoms with Crippen LogP contribution in [0.4, 0.5) is 5.69 Å². The Bertz CT molecular complexity index is 487. The first-order valence-corrected chi connectivity index (χ1v) is 7.00. The lowest BCUT2D eigenvalue weighted by Gasteiger charge is -2.15. The SMILES string of the molecule is Nc1cc(C(=O)NCC2(CCO)CC2)n(C2CC2)c1. The smallest absolute Gasteiger partial charge is 0.268 e. The lowest BCUT2D eigenvalue weighted by atomic mass is 10.0. The third-order valence-corrected chi connectivity index (χ3v) is 4.27. The molecule has 19 heavy (non-hydrogen) atoms. The number of nitrogens with one attached hydrogen (secondary N) is 1. The molecule has 0 unspecified atom stereocenters. The molecule has 1 amide bonds. The Balaban J connectivity index is 1.64. The van der Waals surface area contributed by atoms with Crippen molar-refractivity contribution in [1.82, 2.24) is 9.88 Å². The number of aliphatic hydroxyl groups excluding tert-OH is 1. The lowest BCUT2D eigenvalue weighted by molar-refractivity contribution is 0.0931. The van der Waals surface area contributed by atoms with Gasteiger partial charge < -0.3 is 20.7 Å². The van der Waals surface area contributed by atoms with Gasteiger partial charge in [0.1, 0.15) is 5.69 Å². The zero-order chi connectivity index (χ0) is 13.5. The van der Waals surface area contributed by atoms with E-state index in [9.17, 15) is 4.79 Å². The average Bonchev–Trinajstić information content (AvgIpc) is 3.28. The number of nitrogens with zero attached hydrogens (tertiary/aromatic N) is 1. The molecule has 5 heteroatoms. The average molecular weight is 263 g/mol. The number of nitrogen functional groups attached to an aromatic ring is 1. The third kappa shape index (κ3) is 2.61. The van der Waals surface area contributed by atoms with Crippen molar-refractivity contribution in [1.29, 1.82) is 0 Å². The maximum absolute atomic E-state index is 12.2. The van der Waals surface area contributed by atoms with Crippen LogP contribution < -0.4 is 11.1 Å². The fraction of sp³-hybridized carbons (Fsp3) is 0.643. The standard InChI is InChI=1S/C14H21N3O2/c15-10-7-12(17(8-10)11-1-2-11)13(19)16-9-14(3-4-14)5-6-18/h7-8,11,18H,1-6,9,15H2,(H,16,19). The number of aliphatic hydroxyl groups is 1. The first-order chi connectivity index (χ1) is 9.13. The topological polar surface area (TPSA) is 80.3 Å². The number of amides is 1. The predicted molar refractivity (Wildman–Crippen MR) is 72.8 cm³/mol. The normalized spacial score (nSPS) is 20.3. The number of nitrogens with two attached hydrogens (primary N) is 1. The van der Waals surface area contributed by atoms with Gasteiger partial charge in [0.05, 0.1) is 5.69 Å². The summed E-state index contributed by atoms with van der Waals surface area (Å²) < 4.78 is 2.00. The van der Waals surface area contributed by atoms with Crippen molar-refractivity contribution in [3.63, 3.8) is 0 Å². The number of hydrogen-bond donors (Lipinski definition) is 3. The van der Waals surface area contributed by atoms with E-state index in [-0.39, 0.29) is 17.9 Å². The quantitative estimate of drug-likeness (QED) is 0.723. The highest BCUT2D eigenvalue weighted by Gasteiger charge is 2.42. The molecule has 3 rings (SSSR count). The second-order valence-electron chi connectivity index (χ2n) is 5.95. The molecule has 2 aliphatic carbocycles. The minimum absolute atomic E-state index is 0.0483. The fourth-order valence-electron chi connectivity index (χ4n) is 2.62. The van der Waals surface area contributed by atoms with E-state index in [1.165, 1.54) is 0 Å². The van der Waals surface area contributed by atoms with Crippen LogP contribution in [0.3, 0.4) is 0 Å². The maximum atomic E-state index is 12.2. The van der Waals surface area contributed by atoms with Gasteiger partial charge in [0.15, 0.2) is 0 Å². The van der Waals surface area contributed by atoms with E-state index in [4.69, 9.17) is 10.8 Å². The third-order valence-electron chi connectivity index (χ3n) is 4.27. The first-order valence-electron chi connectivity index (χ1n) is 7.00. The minimum Gasteiger partial charge on any atom is -0.397 e. The van der Waals surface area contributed by atoms with Crippen molar-refractivity contribution in [3.8, 4) is 0 Å². The summed E-state index contributed by atoms with van der Waals surface area (Å²) in [5, 5.41) is 12.0. The van der Waals surface area contributed by atoms with Gasteiger partial charge in [-0.1, -0.05) is 0 Å². The van der Waals surface area contributed by atoms with E-state index in [1.807, 2.05) is 10.8 Å². The summed E-state index contributed by atoms with van der Waals surface area (Å²) in [4.78, 5) is 12.2. The summed E-state index contributed by atoms with van der Waals surface area (Å²) in [5.41, 5.74) is 7.25. The summed E-state index contributed by atoms with van der Waals surface area (Å²) in [6.45, 7) is 0.851. The molecule has 0 radical (unpaired) electrons. The minimum atomic E-state index is -0.0483. The van der Waals surface area contributed by atoms with E-state index in [0.29, 0.717) is 24.0 Å². The molecule has 0 aliphatic heterocycles. The molecule has 2 aliphatic rings.